The summed E-state index contributed by atoms with van der Waals surface area (Å²) >= 11 is 0. The summed E-state index contributed by atoms with van der Waals surface area (Å²) in [7, 11) is 0. The smallest absolute Gasteiger partial charge is 0.327 e. The largest absolute Gasteiger partial charge is 0.478 e. The van der Waals surface area contributed by atoms with E-state index in [0.717, 1.165) is 32.1 Å². The minimum absolute atomic E-state index is 0.293. The van der Waals surface area contributed by atoms with Gasteiger partial charge in [-0.05, 0) is 19.3 Å². The van der Waals surface area contributed by atoms with E-state index in [2.05, 4.69) is 0 Å². The van der Waals surface area contributed by atoms with E-state index in [9.17, 15) is 4.79 Å². The number of carboxylic acids is 1. The zero-order valence-corrected chi connectivity index (χ0v) is 8.61. The number of aliphatic carboxylic acids is 1. The Hall–Kier alpha value is -0.830. The lowest BCUT2D eigenvalue weighted by atomic mass is 10.1. The molecule has 0 spiro atoms. The molecular formula is C11H20O3. The van der Waals surface area contributed by atoms with Gasteiger partial charge in [0.15, 0.2) is 0 Å². The Balaban J connectivity index is 3.02. The molecule has 0 atom stereocenters. The molecule has 0 radical (unpaired) electrons. The number of hydrogen-bond acceptors (Lipinski definition) is 2. The highest BCUT2D eigenvalue weighted by Crippen LogP contribution is 2.07. The zero-order valence-electron chi connectivity index (χ0n) is 8.61. The number of carboxylic acid groups (broad SMARTS) is 1. The van der Waals surface area contributed by atoms with Gasteiger partial charge in [0.1, 0.15) is 0 Å². The van der Waals surface area contributed by atoms with Crippen molar-refractivity contribution in [2.24, 2.45) is 0 Å². The Kier molecular flexibility index (Phi) is 9.64. The third-order valence-corrected chi connectivity index (χ3v) is 2.04. The molecule has 0 heterocycles. The minimum Gasteiger partial charge on any atom is -0.478 e. The van der Waals surface area contributed by atoms with Crippen molar-refractivity contribution < 1.29 is 15.0 Å². The Labute approximate surface area is 85.4 Å². The molecule has 82 valence electrons. The SMILES string of the molecule is O=C(O)/C=C/CCCCCCCCO. The fourth-order valence-electron chi connectivity index (χ4n) is 1.27. The topological polar surface area (TPSA) is 57.5 Å². The van der Waals surface area contributed by atoms with Crippen LogP contribution in [0.5, 0.6) is 0 Å². The Morgan fingerprint density at radius 1 is 1.00 bits per heavy atom. The van der Waals surface area contributed by atoms with Crippen molar-refractivity contribution in [2.75, 3.05) is 6.61 Å². The summed E-state index contributed by atoms with van der Waals surface area (Å²) in [6.45, 7) is 0.293. The van der Waals surface area contributed by atoms with E-state index in [1.807, 2.05) is 0 Å². The van der Waals surface area contributed by atoms with E-state index in [-0.39, 0.29) is 0 Å². The van der Waals surface area contributed by atoms with Gasteiger partial charge >= 0.3 is 5.97 Å². The molecule has 0 aliphatic carbocycles. The lowest BCUT2D eigenvalue weighted by molar-refractivity contribution is -0.131. The molecule has 0 bridgehead atoms. The second-order valence-corrected chi connectivity index (χ2v) is 3.37. The van der Waals surface area contributed by atoms with Crippen molar-refractivity contribution in [2.45, 2.75) is 44.9 Å². The van der Waals surface area contributed by atoms with Crippen molar-refractivity contribution in [1.82, 2.24) is 0 Å². The van der Waals surface area contributed by atoms with Crippen molar-refractivity contribution in [3.05, 3.63) is 12.2 Å². The van der Waals surface area contributed by atoms with Gasteiger partial charge in [0, 0.05) is 12.7 Å². The predicted molar refractivity (Wildman–Crippen MR) is 56.2 cm³/mol. The van der Waals surface area contributed by atoms with Crippen LogP contribution in [0.1, 0.15) is 44.9 Å². The molecule has 0 aliphatic rings. The molecule has 14 heavy (non-hydrogen) atoms. The summed E-state index contributed by atoms with van der Waals surface area (Å²) < 4.78 is 0. The highest BCUT2D eigenvalue weighted by molar-refractivity contribution is 5.79. The molecule has 0 saturated heterocycles. The second-order valence-electron chi connectivity index (χ2n) is 3.37. The van der Waals surface area contributed by atoms with Gasteiger partial charge in [-0.25, -0.2) is 4.79 Å². The highest BCUT2D eigenvalue weighted by atomic mass is 16.4. The predicted octanol–water partition coefficient (Wildman–Crippen LogP) is 2.35. The van der Waals surface area contributed by atoms with Crippen LogP contribution < -0.4 is 0 Å². The molecular weight excluding hydrogens is 180 g/mol. The van der Waals surface area contributed by atoms with Crippen LogP contribution in [0, 0.1) is 0 Å². The van der Waals surface area contributed by atoms with Crippen LogP contribution in [-0.2, 0) is 4.79 Å². The van der Waals surface area contributed by atoms with E-state index in [0.29, 0.717) is 6.61 Å². The average Bonchev–Trinajstić information content (AvgIpc) is 2.15. The molecule has 0 rings (SSSR count). The second kappa shape index (κ2) is 10.3. The number of hydrogen-bond donors (Lipinski definition) is 2. The third kappa shape index (κ3) is 11.2. The molecule has 0 fully saturated rings. The van der Waals surface area contributed by atoms with Gasteiger partial charge in [0.2, 0.25) is 0 Å². The van der Waals surface area contributed by atoms with Crippen LogP contribution in [-0.4, -0.2) is 22.8 Å². The van der Waals surface area contributed by atoms with Gasteiger partial charge in [-0.3, -0.25) is 0 Å². The van der Waals surface area contributed by atoms with Crippen LogP contribution >= 0.6 is 0 Å². The van der Waals surface area contributed by atoms with Gasteiger partial charge in [-0.1, -0.05) is 31.8 Å². The van der Waals surface area contributed by atoms with Crippen LogP contribution in [0.2, 0.25) is 0 Å². The Morgan fingerprint density at radius 3 is 2.14 bits per heavy atom. The van der Waals surface area contributed by atoms with Gasteiger partial charge in [-0.2, -0.15) is 0 Å². The first kappa shape index (κ1) is 13.2. The molecule has 2 N–H and O–H groups in total. The van der Waals surface area contributed by atoms with Crippen molar-refractivity contribution in [3.8, 4) is 0 Å². The van der Waals surface area contributed by atoms with Crippen LogP contribution in [0.15, 0.2) is 12.2 Å². The van der Waals surface area contributed by atoms with Crippen LogP contribution in [0.25, 0.3) is 0 Å². The van der Waals surface area contributed by atoms with E-state index >= 15 is 0 Å². The lowest BCUT2D eigenvalue weighted by Crippen LogP contribution is -1.86. The molecule has 0 unspecified atom stereocenters. The molecule has 0 aromatic carbocycles. The summed E-state index contributed by atoms with van der Waals surface area (Å²) in [6.07, 6.45) is 10.3. The van der Waals surface area contributed by atoms with Crippen molar-refractivity contribution in [1.29, 1.82) is 0 Å². The van der Waals surface area contributed by atoms with Gasteiger partial charge in [0.25, 0.3) is 0 Å². The zero-order chi connectivity index (χ0) is 10.6. The van der Waals surface area contributed by atoms with Crippen molar-refractivity contribution >= 4 is 5.97 Å². The molecule has 3 nitrogen and oxygen atoms in total. The van der Waals surface area contributed by atoms with Crippen LogP contribution in [0.4, 0.5) is 0 Å². The van der Waals surface area contributed by atoms with E-state index < -0.39 is 5.97 Å². The molecule has 0 aromatic heterocycles. The number of aliphatic hydroxyl groups is 1. The quantitative estimate of drug-likeness (QED) is 0.443. The third-order valence-electron chi connectivity index (χ3n) is 2.04. The van der Waals surface area contributed by atoms with Gasteiger partial charge < -0.3 is 10.2 Å². The number of aliphatic hydroxyl groups excluding tert-OH is 1. The number of allylic oxidation sites excluding steroid dienone is 1. The van der Waals surface area contributed by atoms with E-state index in [1.165, 1.54) is 18.9 Å². The number of carbonyl (C=O) groups is 1. The summed E-state index contributed by atoms with van der Waals surface area (Å²) in [6, 6.07) is 0. The summed E-state index contributed by atoms with van der Waals surface area (Å²) in [5.41, 5.74) is 0. The summed E-state index contributed by atoms with van der Waals surface area (Å²) in [4.78, 5) is 10.1. The minimum atomic E-state index is -0.868. The normalized spacial score (nSPS) is 10.9. The fourth-order valence-corrected chi connectivity index (χ4v) is 1.27. The summed E-state index contributed by atoms with van der Waals surface area (Å²) in [5.74, 6) is -0.868. The van der Waals surface area contributed by atoms with Crippen LogP contribution in [0.3, 0.4) is 0 Å². The first-order chi connectivity index (χ1) is 6.77. The summed E-state index contributed by atoms with van der Waals surface area (Å²) in [5, 5.41) is 16.8. The molecule has 0 saturated carbocycles. The Bertz CT molecular complexity index is 164. The highest BCUT2D eigenvalue weighted by Gasteiger charge is 1.90. The molecule has 3 heteroatoms. The van der Waals surface area contributed by atoms with Crippen molar-refractivity contribution in [3.63, 3.8) is 0 Å². The maximum Gasteiger partial charge on any atom is 0.327 e. The Morgan fingerprint density at radius 2 is 1.57 bits per heavy atom. The van der Waals surface area contributed by atoms with Gasteiger partial charge in [0.05, 0.1) is 0 Å². The lowest BCUT2D eigenvalue weighted by Gasteiger charge is -1.98. The number of unbranched alkanes of at least 4 members (excludes halogenated alkanes) is 6. The monoisotopic (exact) mass is 200 g/mol. The molecule has 0 aromatic rings. The molecule has 0 aliphatic heterocycles. The van der Waals surface area contributed by atoms with Gasteiger partial charge in [-0.15, -0.1) is 0 Å². The first-order valence-electron chi connectivity index (χ1n) is 5.27. The maximum atomic E-state index is 10.1. The standard InChI is InChI=1S/C11H20O3/c12-10-8-6-4-2-1-3-5-7-9-11(13)14/h7,9,12H,1-6,8,10H2,(H,13,14)/b9-7+. The number of rotatable bonds is 9. The van der Waals surface area contributed by atoms with E-state index in [1.54, 1.807) is 6.08 Å². The average molecular weight is 200 g/mol. The maximum absolute atomic E-state index is 10.1. The first-order valence-corrected chi connectivity index (χ1v) is 5.27. The van der Waals surface area contributed by atoms with E-state index in [4.69, 9.17) is 10.2 Å². The fraction of sp³-hybridized carbons (Fsp3) is 0.727. The molecule has 0 amide bonds.